The van der Waals surface area contributed by atoms with Crippen LogP contribution in [-0.2, 0) is 14.3 Å². The molecule has 1 aliphatic rings. The average molecular weight is 434 g/mol. The maximum atomic E-state index is 11.9. The molecule has 0 radical (unpaired) electrons. The first-order chi connectivity index (χ1) is 14.6. The molecule has 0 atom stereocenters. The predicted octanol–water partition coefficient (Wildman–Crippen LogP) is 1.64. The fourth-order valence-corrected chi connectivity index (χ4v) is 3.45. The minimum atomic E-state index is -0.592. The number of carbonyl (C=O) groups is 2. The molecule has 0 unspecified atom stereocenters. The number of morpholine rings is 1. The van der Waals surface area contributed by atoms with E-state index in [1.54, 1.807) is 6.20 Å². The number of benzene rings is 1. The second-order valence-corrected chi connectivity index (χ2v) is 7.56. The number of pyridine rings is 1. The van der Waals surface area contributed by atoms with Gasteiger partial charge in [0.25, 0.3) is 0 Å². The number of hydrogen-bond donors (Lipinski definition) is 3. The van der Waals surface area contributed by atoms with Crippen LogP contribution in [0.2, 0.25) is 5.02 Å². The van der Waals surface area contributed by atoms with Gasteiger partial charge < -0.3 is 20.7 Å². The van der Waals surface area contributed by atoms with Crippen molar-refractivity contribution < 1.29 is 14.3 Å². The standard InChI is InChI=1S/C21H28ClN5O3/c22-16-3-4-17-18(5-9-24-19(17)15-16)23-6-1-7-25-20(28)21(29)26-8-2-10-27-11-13-30-14-12-27/h3-5,9,15H,1-2,6-8,10-14H2,(H,23,24)(H,25,28)(H,26,29). The van der Waals surface area contributed by atoms with Crippen molar-refractivity contribution in [2.75, 3.05) is 57.8 Å². The van der Waals surface area contributed by atoms with E-state index in [2.05, 4.69) is 25.8 Å². The lowest BCUT2D eigenvalue weighted by Crippen LogP contribution is -2.42. The molecule has 1 saturated heterocycles. The maximum absolute atomic E-state index is 11.9. The summed E-state index contributed by atoms with van der Waals surface area (Å²) < 4.78 is 5.30. The third kappa shape index (κ3) is 6.83. The van der Waals surface area contributed by atoms with Crippen LogP contribution in [0.4, 0.5) is 5.69 Å². The molecule has 1 aromatic heterocycles. The number of halogens is 1. The van der Waals surface area contributed by atoms with Gasteiger partial charge in [0.1, 0.15) is 0 Å². The van der Waals surface area contributed by atoms with Crippen LogP contribution in [-0.4, -0.2) is 74.2 Å². The summed E-state index contributed by atoms with van der Waals surface area (Å²) >= 11 is 6.01. The third-order valence-corrected chi connectivity index (χ3v) is 5.14. The molecule has 2 aromatic rings. The summed E-state index contributed by atoms with van der Waals surface area (Å²) in [4.78, 5) is 30.4. The first kappa shape index (κ1) is 22.3. The molecule has 1 aliphatic heterocycles. The minimum Gasteiger partial charge on any atom is -0.384 e. The Labute approximate surface area is 181 Å². The highest BCUT2D eigenvalue weighted by Crippen LogP contribution is 2.24. The Hall–Kier alpha value is -2.42. The SMILES string of the molecule is O=C(NCCCNc1ccnc2cc(Cl)ccc12)C(=O)NCCCN1CCOCC1. The van der Waals surface area contributed by atoms with Crippen molar-refractivity contribution >= 4 is 40.0 Å². The van der Waals surface area contributed by atoms with Gasteiger partial charge in [0.2, 0.25) is 0 Å². The summed E-state index contributed by atoms with van der Waals surface area (Å²) in [5.41, 5.74) is 1.78. The van der Waals surface area contributed by atoms with Crippen LogP contribution in [0.3, 0.4) is 0 Å². The smallest absolute Gasteiger partial charge is 0.309 e. The summed E-state index contributed by atoms with van der Waals surface area (Å²) in [5.74, 6) is -1.17. The topological polar surface area (TPSA) is 95.6 Å². The number of hydrogen-bond acceptors (Lipinski definition) is 6. The van der Waals surface area contributed by atoms with Crippen LogP contribution in [0.25, 0.3) is 10.9 Å². The lowest BCUT2D eigenvalue weighted by molar-refractivity contribution is -0.139. The van der Waals surface area contributed by atoms with Crippen LogP contribution in [0, 0.1) is 0 Å². The van der Waals surface area contributed by atoms with E-state index in [4.69, 9.17) is 16.3 Å². The number of nitrogens with zero attached hydrogens (tertiary/aromatic N) is 2. The van der Waals surface area contributed by atoms with Crippen molar-refractivity contribution in [2.24, 2.45) is 0 Å². The van der Waals surface area contributed by atoms with Gasteiger partial charge in [0.15, 0.2) is 0 Å². The molecule has 8 nitrogen and oxygen atoms in total. The molecule has 0 spiro atoms. The third-order valence-electron chi connectivity index (χ3n) is 4.91. The molecule has 0 bridgehead atoms. The quantitative estimate of drug-likeness (QED) is 0.411. The zero-order valence-corrected chi connectivity index (χ0v) is 17.7. The van der Waals surface area contributed by atoms with E-state index in [9.17, 15) is 9.59 Å². The highest BCUT2D eigenvalue weighted by molar-refractivity contribution is 6.35. The lowest BCUT2D eigenvalue weighted by atomic mass is 10.2. The highest BCUT2D eigenvalue weighted by Gasteiger charge is 2.13. The van der Waals surface area contributed by atoms with E-state index < -0.39 is 11.8 Å². The van der Waals surface area contributed by atoms with Gasteiger partial charge in [0.05, 0.1) is 18.7 Å². The molecule has 2 amide bonds. The van der Waals surface area contributed by atoms with Crippen molar-refractivity contribution in [1.29, 1.82) is 0 Å². The zero-order valence-electron chi connectivity index (χ0n) is 17.0. The second kappa shape index (κ2) is 11.7. The molecule has 0 saturated carbocycles. The normalized spacial score (nSPS) is 14.4. The van der Waals surface area contributed by atoms with Crippen LogP contribution in [0.5, 0.6) is 0 Å². The summed E-state index contributed by atoms with van der Waals surface area (Å²) in [6.07, 6.45) is 3.23. The number of rotatable bonds is 9. The van der Waals surface area contributed by atoms with E-state index in [1.807, 2.05) is 24.3 Å². The van der Waals surface area contributed by atoms with Crippen molar-refractivity contribution in [3.63, 3.8) is 0 Å². The summed E-state index contributed by atoms with van der Waals surface area (Å²) in [6.45, 7) is 5.82. The Morgan fingerprint density at radius 2 is 1.77 bits per heavy atom. The van der Waals surface area contributed by atoms with Gasteiger partial charge in [-0.15, -0.1) is 0 Å². The molecule has 2 heterocycles. The zero-order chi connectivity index (χ0) is 21.2. The second-order valence-electron chi connectivity index (χ2n) is 7.12. The Bertz CT molecular complexity index is 858. The van der Waals surface area contributed by atoms with Crippen molar-refractivity contribution in [1.82, 2.24) is 20.5 Å². The first-order valence-corrected chi connectivity index (χ1v) is 10.7. The monoisotopic (exact) mass is 433 g/mol. The number of carbonyl (C=O) groups excluding carboxylic acids is 2. The molecule has 3 N–H and O–H groups in total. The van der Waals surface area contributed by atoms with Gasteiger partial charge in [-0.05, 0) is 43.7 Å². The average Bonchev–Trinajstić information content (AvgIpc) is 2.76. The van der Waals surface area contributed by atoms with Gasteiger partial charge in [-0.3, -0.25) is 19.5 Å². The van der Waals surface area contributed by atoms with Gasteiger partial charge >= 0.3 is 11.8 Å². The van der Waals surface area contributed by atoms with Crippen molar-refractivity contribution in [3.8, 4) is 0 Å². The summed E-state index contributed by atoms with van der Waals surface area (Å²) in [6, 6.07) is 7.48. The largest absolute Gasteiger partial charge is 0.384 e. The highest BCUT2D eigenvalue weighted by atomic mass is 35.5. The number of ether oxygens (including phenoxy) is 1. The fourth-order valence-electron chi connectivity index (χ4n) is 3.28. The number of anilines is 1. The number of nitrogens with one attached hydrogen (secondary N) is 3. The Balaban J connectivity index is 1.28. The van der Waals surface area contributed by atoms with E-state index in [1.165, 1.54) is 0 Å². The number of fused-ring (bicyclic) bond motifs is 1. The lowest BCUT2D eigenvalue weighted by Gasteiger charge is -2.26. The molecule has 30 heavy (non-hydrogen) atoms. The molecule has 1 fully saturated rings. The summed E-state index contributed by atoms with van der Waals surface area (Å²) in [7, 11) is 0. The van der Waals surface area contributed by atoms with Crippen molar-refractivity contribution in [3.05, 3.63) is 35.5 Å². The van der Waals surface area contributed by atoms with E-state index in [0.717, 1.165) is 55.9 Å². The summed E-state index contributed by atoms with van der Waals surface area (Å²) in [5, 5.41) is 10.3. The van der Waals surface area contributed by atoms with Gasteiger partial charge in [-0.25, -0.2) is 0 Å². The van der Waals surface area contributed by atoms with Crippen LogP contribution in [0.15, 0.2) is 30.5 Å². The molecular formula is C21H28ClN5O3. The molecule has 1 aromatic carbocycles. The maximum Gasteiger partial charge on any atom is 0.309 e. The van der Waals surface area contributed by atoms with Crippen LogP contribution >= 0.6 is 11.6 Å². The van der Waals surface area contributed by atoms with Gasteiger partial charge in [-0.1, -0.05) is 11.6 Å². The fraction of sp³-hybridized carbons (Fsp3) is 0.476. The predicted molar refractivity (Wildman–Crippen MR) is 118 cm³/mol. The minimum absolute atomic E-state index is 0.419. The first-order valence-electron chi connectivity index (χ1n) is 10.3. The Morgan fingerprint density at radius 3 is 2.53 bits per heavy atom. The number of amides is 2. The van der Waals surface area contributed by atoms with Gasteiger partial charge in [0, 0.05) is 55.0 Å². The molecule has 0 aliphatic carbocycles. The Morgan fingerprint density at radius 1 is 1.03 bits per heavy atom. The van der Waals surface area contributed by atoms with E-state index >= 15 is 0 Å². The Kier molecular flexibility index (Phi) is 8.67. The van der Waals surface area contributed by atoms with Crippen LogP contribution < -0.4 is 16.0 Å². The number of aromatic nitrogens is 1. The molecule has 162 valence electrons. The molecular weight excluding hydrogens is 406 g/mol. The van der Waals surface area contributed by atoms with Gasteiger partial charge in [-0.2, -0.15) is 0 Å². The van der Waals surface area contributed by atoms with Crippen molar-refractivity contribution in [2.45, 2.75) is 12.8 Å². The molecule has 3 rings (SSSR count). The molecule has 9 heteroatoms. The van der Waals surface area contributed by atoms with E-state index in [0.29, 0.717) is 31.1 Å². The van der Waals surface area contributed by atoms with E-state index in [-0.39, 0.29) is 0 Å². The van der Waals surface area contributed by atoms with Crippen LogP contribution in [0.1, 0.15) is 12.8 Å².